The highest BCUT2D eigenvalue weighted by atomic mass is 19.1. The van der Waals surface area contributed by atoms with Gasteiger partial charge in [-0.1, -0.05) is 0 Å². The van der Waals surface area contributed by atoms with E-state index in [2.05, 4.69) is 15.6 Å². The maximum Gasteiger partial charge on any atom is 0.287 e. The van der Waals surface area contributed by atoms with Gasteiger partial charge in [0.05, 0.1) is 12.8 Å². The Morgan fingerprint density at radius 3 is 2.66 bits per heavy atom. The molecule has 0 fully saturated rings. The molecule has 1 aromatic carbocycles. The Hall–Kier alpha value is -3.03. The molecule has 0 aliphatic carbocycles. The summed E-state index contributed by atoms with van der Waals surface area (Å²) in [6.07, 6.45) is 2.22. The highest BCUT2D eigenvalue weighted by molar-refractivity contribution is 5.92. The van der Waals surface area contributed by atoms with Crippen molar-refractivity contribution in [2.24, 2.45) is 4.99 Å². The quantitative estimate of drug-likeness (QED) is 0.362. The average molecular weight is 404 g/mol. The van der Waals surface area contributed by atoms with Gasteiger partial charge in [-0.25, -0.2) is 4.39 Å². The Morgan fingerprint density at radius 2 is 2.00 bits per heavy atom. The van der Waals surface area contributed by atoms with Gasteiger partial charge in [-0.15, -0.1) is 0 Å². The number of guanidine groups is 1. The largest absolute Gasteiger partial charge is 0.492 e. The molecule has 29 heavy (non-hydrogen) atoms. The number of ether oxygens (including phenoxy) is 1. The topological polar surface area (TPSA) is 79.1 Å². The summed E-state index contributed by atoms with van der Waals surface area (Å²) >= 11 is 0. The molecule has 8 heteroatoms. The minimum absolute atomic E-state index is 0.210. The zero-order valence-corrected chi connectivity index (χ0v) is 17.2. The smallest absolute Gasteiger partial charge is 0.287 e. The van der Waals surface area contributed by atoms with E-state index in [0.29, 0.717) is 44.2 Å². The van der Waals surface area contributed by atoms with E-state index >= 15 is 0 Å². The third kappa shape index (κ3) is 7.48. The van der Waals surface area contributed by atoms with Crippen LogP contribution in [0.15, 0.2) is 46.0 Å². The standard InChI is InChI=1S/C21H29FN4O3/c1-4-23-21(26(3)13-15-28-18-8-6-17(22)7-9-18)25-12-5-11-24-20(27)19-16(2)10-14-29-19/h6-10,14H,4-5,11-13,15H2,1-3H3,(H,23,25)(H,24,27). The van der Waals surface area contributed by atoms with E-state index in [9.17, 15) is 9.18 Å². The first-order chi connectivity index (χ1) is 14.0. The van der Waals surface area contributed by atoms with E-state index in [1.54, 1.807) is 18.2 Å². The average Bonchev–Trinajstić information content (AvgIpc) is 3.14. The molecule has 1 heterocycles. The van der Waals surface area contributed by atoms with Crippen molar-refractivity contribution in [3.05, 3.63) is 53.7 Å². The third-order valence-corrected chi connectivity index (χ3v) is 4.16. The molecule has 2 N–H and O–H groups in total. The van der Waals surface area contributed by atoms with Crippen molar-refractivity contribution in [2.45, 2.75) is 20.3 Å². The lowest BCUT2D eigenvalue weighted by atomic mass is 10.2. The lowest BCUT2D eigenvalue weighted by molar-refractivity contribution is 0.0925. The second kappa shape index (κ2) is 11.7. The summed E-state index contributed by atoms with van der Waals surface area (Å²) in [7, 11) is 1.93. The number of amides is 1. The number of nitrogens with zero attached hydrogens (tertiary/aromatic N) is 2. The Morgan fingerprint density at radius 1 is 1.24 bits per heavy atom. The molecule has 2 aromatic rings. The second-order valence-corrected chi connectivity index (χ2v) is 6.50. The van der Waals surface area contributed by atoms with Crippen molar-refractivity contribution in [3.63, 3.8) is 0 Å². The van der Waals surface area contributed by atoms with Crippen LogP contribution in [0.5, 0.6) is 5.75 Å². The lowest BCUT2D eigenvalue weighted by Crippen LogP contribution is -2.41. The molecule has 0 aliphatic rings. The van der Waals surface area contributed by atoms with Crippen LogP contribution in [0.3, 0.4) is 0 Å². The fourth-order valence-corrected chi connectivity index (χ4v) is 2.56. The van der Waals surface area contributed by atoms with E-state index in [1.807, 2.05) is 25.8 Å². The molecule has 0 aliphatic heterocycles. The minimum Gasteiger partial charge on any atom is -0.492 e. The van der Waals surface area contributed by atoms with E-state index < -0.39 is 0 Å². The van der Waals surface area contributed by atoms with Crippen LogP contribution in [0.4, 0.5) is 4.39 Å². The van der Waals surface area contributed by atoms with Crippen LogP contribution in [0.1, 0.15) is 29.5 Å². The summed E-state index contributed by atoms with van der Waals surface area (Å²) in [5, 5.41) is 6.07. The molecule has 0 atom stereocenters. The van der Waals surface area contributed by atoms with Crippen molar-refractivity contribution in [1.82, 2.24) is 15.5 Å². The van der Waals surface area contributed by atoms with Gasteiger partial charge in [0.1, 0.15) is 18.2 Å². The number of hydrogen-bond acceptors (Lipinski definition) is 4. The molecule has 7 nitrogen and oxygen atoms in total. The number of carbonyl (C=O) groups is 1. The zero-order valence-electron chi connectivity index (χ0n) is 17.2. The van der Waals surface area contributed by atoms with Crippen LogP contribution in [-0.4, -0.2) is 56.6 Å². The highest BCUT2D eigenvalue weighted by Gasteiger charge is 2.11. The summed E-state index contributed by atoms with van der Waals surface area (Å²) in [4.78, 5) is 18.5. The molecule has 158 valence electrons. The first-order valence-electron chi connectivity index (χ1n) is 9.71. The summed E-state index contributed by atoms with van der Waals surface area (Å²) in [6, 6.07) is 7.71. The predicted octanol–water partition coefficient (Wildman–Crippen LogP) is 2.82. The summed E-state index contributed by atoms with van der Waals surface area (Å²) in [6.45, 7) is 6.74. The maximum atomic E-state index is 12.9. The number of aliphatic imine (C=N–C) groups is 1. The van der Waals surface area contributed by atoms with Crippen LogP contribution >= 0.6 is 0 Å². The van der Waals surface area contributed by atoms with E-state index in [0.717, 1.165) is 18.1 Å². The van der Waals surface area contributed by atoms with Gasteiger partial charge in [0.2, 0.25) is 0 Å². The van der Waals surface area contributed by atoms with Gasteiger partial charge in [0, 0.05) is 32.2 Å². The van der Waals surface area contributed by atoms with Crippen LogP contribution in [-0.2, 0) is 0 Å². The Bertz CT molecular complexity index is 789. The number of nitrogens with one attached hydrogen (secondary N) is 2. The third-order valence-electron chi connectivity index (χ3n) is 4.16. The fraction of sp³-hybridized carbons (Fsp3) is 0.429. The first kappa shape index (κ1) is 22.3. The molecule has 0 spiro atoms. The maximum absolute atomic E-state index is 12.9. The predicted molar refractivity (Wildman–Crippen MR) is 111 cm³/mol. The van der Waals surface area contributed by atoms with Crippen LogP contribution in [0, 0.1) is 12.7 Å². The van der Waals surface area contributed by atoms with Crippen LogP contribution < -0.4 is 15.4 Å². The number of aryl methyl sites for hydroxylation is 1. The number of rotatable bonds is 10. The number of likely N-dealkylation sites (N-methyl/N-ethyl adjacent to an activating group) is 1. The van der Waals surface area contributed by atoms with Gasteiger partial charge < -0.3 is 24.7 Å². The van der Waals surface area contributed by atoms with Crippen molar-refractivity contribution in [2.75, 3.05) is 39.8 Å². The van der Waals surface area contributed by atoms with Gasteiger partial charge in [-0.3, -0.25) is 9.79 Å². The molecule has 0 saturated heterocycles. The fourth-order valence-electron chi connectivity index (χ4n) is 2.56. The zero-order chi connectivity index (χ0) is 21.1. The Balaban J connectivity index is 1.72. The number of benzene rings is 1. The van der Waals surface area contributed by atoms with Crippen molar-refractivity contribution in [1.29, 1.82) is 0 Å². The molecular formula is C21H29FN4O3. The molecule has 1 amide bonds. The van der Waals surface area contributed by atoms with E-state index in [-0.39, 0.29) is 11.7 Å². The van der Waals surface area contributed by atoms with E-state index in [4.69, 9.17) is 9.15 Å². The summed E-state index contributed by atoms with van der Waals surface area (Å²) < 4.78 is 23.7. The van der Waals surface area contributed by atoms with E-state index in [1.165, 1.54) is 18.4 Å². The number of furan rings is 1. The number of carbonyl (C=O) groups excluding carboxylic acids is 1. The monoisotopic (exact) mass is 404 g/mol. The minimum atomic E-state index is -0.286. The molecule has 2 rings (SSSR count). The number of hydrogen-bond donors (Lipinski definition) is 2. The Kier molecular flexibility index (Phi) is 9.01. The SMILES string of the molecule is CCNC(=NCCCNC(=O)c1occc1C)N(C)CCOc1ccc(F)cc1. The molecule has 0 radical (unpaired) electrons. The van der Waals surface area contributed by atoms with Gasteiger partial charge in [0.15, 0.2) is 11.7 Å². The van der Waals surface area contributed by atoms with Gasteiger partial charge in [-0.05, 0) is 50.6 Å². The molecule has 0 saturated carbocycles. The van der Waals surface area contributed by atoms with Crippen LogP contribution in [0.25, 0.3) is 0 Å². The lowest BCUT2D eigenvalue weighted by Gasteiger charge is -2.22. The molecule has 0 unspecified atom stereocenters. The van der Waals surface area contributed by atoms with Gasteiger partial charge in [-0.2, -0.15) is 0 Å². The molecular weight excluding hydrogens is 375 g/mol. The van der Waals surface area contributed by atoms with Gasteiger partial charge >= 0.3 is 0 Å². The molecule has 0 bridgehead atoms. The second-order valence-electron chi connectivity index (χ2n) is 6.50. The number of halogens is 1. The van der Waals surface area contributed by atoms with Crippen molar-refractivity contribution < 1.29 is 18.3 Å². The molecule has 1 aromatic heterocycles. The van der Waals surface area contributed by atoms with Crippen molar-refractivity contribution in [3.8, 4) is 5.75 Å². The summed E-state index contributed by atoms with van der Waals surface area (Å²) in [5.41, 5.74) is 0.819. The Labute approximate surface area is 170 Å². The normalized spacial score (nSPS) is 11.2. The summed E-state index contributed by atoms with van der Waals surface area (Å²) in [5.74, 6) is 1.25. The van der Waals surface area contributed by atoms with Crippen molar-refractivity contribution >= 4 is 11.9 Å². The van der Waals surface area contributed by atoms with Crippen LogP contribution in [0.2, 0.25) is 0 Å². The highest BCUT2D eigenvalue weighted by Crippen LogP contribution is 2.11. The first-order valence-corrected chi connectivity index (χ1v) is 9.71. The van der Waals surface area contributed by atoms with Gasteiger partial charge in [0.25, 0.3) is 5.91 Å².